The maximum Gasteiger partial charge on any atom is 0.158 e. The van der Waals surface area contributed by atoms with Crippen LogP contribution in [0.3, 0.4) is 0 Å². The fraction of sp³-hybridized carbons (Fsp3) is 0.263. The second-order valence-electron chi connectivity index (χ2n) is 6.42. The summed E-state index contributed by atoms with van der Waals surface area (Å²) in [7, 11) is 0. The highest BCUT2D eigenvalue weighted by Gasteiger charge is 2.20. The van der Waals surface area contributed by atoms with Gasteiger partial charge in [0.1, 0.15) is 18.0 Å². The van der Waals surface area contributed by atoms with Crippen molar-refractivity contribution in [2.45, 2.75) is 6.92 Å². The van der Waals surface area contributed by atoms with E-state index in [1.54, 1.807) is 17.1 Å². The predicted octanol–water partition coefficient (Wildman–Crippen LogP) is 2.31. The van der Waals surface area contributed by atoms with Gasteiger partial charge in [-0.25, -0.2) is 19.0 Å². The minimum absolute atomic E-state index is 0.336. The topological polar surface area (TPSA) is 73.9 Å². The first kappa shape index (κ1) is 17.0. The van der Waals surface area contributed by atoms with E-state index in [2.05, 4.69) is 24.9 Å². The van der Waals surface area contributed by atoms with Crippen LogP contribution < -0.4 is 9.80 Å². The van der Waals surface area contributed by atoms with Gasteiger partial charge in [0.2, 0.25) is 0 Å². The quantitative estimate of drug-likeness (QED) is 0.711. The van der Waals surface area contributed by atoms with Gasteiger partial charge >= 0.3 is 0 Å². The lowest BCUT2D eigenvalue weighted by Crippen LogP contribution is -2.47. The lowest BCUT2D eigenvalue weighted by molar-refractivity contribution is 0.618. The zero-order valence-electron chi connectivity index (χ0n) is 14.9. The van der Waals surface area contributed by atoms with Gasteiger partial charge in [0, 0.05) is 44.1 Å². The lowest BCUT2D eigenvalue weighted by Gasteiger charge is -2.36. The second-order valence-corrected chi connectivity index (χ2v) is 6.42. The molecule has 1 saturated heterocycles. The second kappa shape index (κ2) is 7.03. The van der Waals surface area contributed by atoms with Gasteiger partial charge in [0.25, 0.3) is 0 Å². The number of hydrogen-bond acceptors (Lipinski definition) is 6. The maximum atomic E-state index is 13.7. The molecule has 1 aliphatic heterocycles. The Bertz CT molecular complexity index is 999. The molecule has 0 aliphatic carbocycles. The number of piperazine rings is 1. The van der Waals surface area contributed by atoms with E-state index in [0.29, 0.717) is 18.7 Å². The molecule has 3 aromatic rings. The predicted molar refractivity (Wildman–Crippen MR) is 99.4 cm³/mol. The number of halogens is 1. The average molecular weight is 363 g/mol. The molecule has 4 rings (SSSR count). The van der Waals surface area contributed by atoms with Crippen LogP contribution in [0.1, 0.15) is 11.3 Å². The molecule has 3 heterocycles. The molecule has 1 aliphatic rings. The maximum absolute atomic E-state index is 13.7. The highest BCUT2D eigenvalue weighted by atomic mass is 19.1. The van der Waals surface area contributed by atoms with Crippen molar-refractivity contribution in [1.82, 2.24) is 19.7 Å². The van der Waals surface area contributed by atoms with Crippen LogP contribution in [-0.4, -0.2) is 45.9 Å². The van der Waals surface area contributed by atoms with Gasteiger partial charge in [-0.05, 0) is 31.2 Å². The van der Waals surface area contributed by atoms with E-state index in [1.807, 2.05) is 31.3 Å². The van der Waals surface area contributed by atoms with E-state index < -0.39 is 0 Å². The third kappa shape index (κ3) is 3.58. The Balaban J connectivity index is 1.48. The lowest BCUT2D eigenvalue weighted by atomic mass is 10.1. The van der Waals surface area contributed by atoms with Crippen LogP contribution in [0.15, 0.2) is 42.9 Å². The first-order valence-corrected chi connectivity index (χ1v) is 8.68. The molecule has 0 spiro atoms. The number of hydrogen-bond donors (Lipinski definition) is 0. The zero-order valence-corrected chi connectivity index (χ0v) is 14.9. The van der Waals surface area contributed by atoms with Crippen molar-refractivity contribution >= 4 is 11.5 Å². The van der Waals surface area contributed by atoms with Gasteiger partial charge in [-0.1, -0.05) is 0 Å². The summed E-state index contributed by atoms with van der Waals surface area (Å²) in [5.41, 5.74) is 2.00. The number of benzene rings is 1. The Morgan fingerprint density at radius 1 is 1.00 bits per heavy atom. The summed E-state index contributed by atoms with van der Waals surface area (Å²) in [6.45, 7) is 4.85. The first-order chi connectivity index (χ1) is 13.1. The molecule has 0 atom stereocenters. The van der Waals surface area contributed by atoms with E-state index in [4.69, 9.17) is 5.26 Å². The molecule has 8 heteroatoms. The van der Waals surface area contributed by atoms with Gasteiger partial charge in [0.05, 0.1) is 17.3 Å². The molecule has 7 nitrogen and oxygen atoms in total. The van der Waals surface area contributed by atoms with Crippen LogP contribution in [0, 0.1) is 24.1 Å². The fourth-order valence-corrected chi connectivity index (χ4v) is 3.19. The summed E-state index contributed by atoms with van der Waals surface area (Å²) in [6, 6.07) is 10.3. The average Bonchev–Trinajstić information content (AvgIpc) is 3.14. The highest BCUT2D eigenvalue weighted by Crippen LogP contribution is 2.22. The van der Waals surface area contributed by atoms with Crippen molar-refractivity contribution < 1.29 is 4.39 Å². The third-order valence-corrected chi connectivity index (χ3v) is 4.58. The monoisotopic (exact) mass is 363 g/mol. The van der Waals surface area contributed by atoms with Crippen molar-refractivity contribution in [3.05, 3.63) is 59.9 Å². The van der Waals surface area contributed by atoms with E-state index in [1.165, 1.54) is 12.1 Å². The summed E-state index contributed by atoms with van der Waals surface area (Å²) in [4.78, 5) is 12.9. The number of anilines is 2. The molecule has 0 radical (unpaired) electrons. The standard InChI is InChI=1S/C19H18FN7/c1-14-2-3-27(24-14)19-11-18(22-13-23-19)26-6-4-25(5-7-26)17-9-15(12-21)8-16(20)10-17/h2-3,8-11,13H,4-7H2,1H3. The summed E-state index contributed by atoms with van der Waals surface area (Å²) in [5, 5.41) is 13.4. The van der Waals surface area contributed by atoms with Gasteiger partial charge in [0.15, 0.2) is 5.82 Å². The number of nitrogens with zero attached hydrogens (tertiary/aromatic N) is 7. The molecule has 136 valence electrons. The van der Waals surface area contributed by atoms with Crippen molar-refractivity contribution in [2.75, 3.05) is 36.0 Å². The minimum Gasteiger partial charge on any atom is -0.368 e. The Labute approximate surface area is 156 Å². The van der Waals surface area contributed by atoms with Crippen LogP contribution in [-0.2, 0) is 0 Å². The van der Waals surface area contributed by atoms with E-state index in [0.717, 1.165) is 36.1 Å². The smallest absolute Gasteiger partial charge is 0.158 e. The number of aromatic nitrogens is 4. The van der Waals surface area contributed by atoms with Crippen molar-refractivity contribution in [1.29, 1.82) is 5.26 Å². The number of nitriles is 1. The molecule has 0 unspecified atom stereocenters. The van der Waals surface area contributed by atoms with Crippen molar-refractivity contribution in [2.24, 2.45) is 0 Å². The molecule has 27 heavy (non-hydrogen) atoms. The van der Waals surface area contributed by atoms with Crippen LogP contribution in [0.25, 0.3) is 5.82 Å². The van der Waals surface area contributed by atoms with Crippen molar-refractivity contribution in [3.8, 4) is 11.9 Å². The fourth-order valence-electron chi connectivity index (χ4n) is 3.19. The molecule has 0 N–H and O–H groups in total. The summed E-state index contributed by atoms with van der Waals surface area (Å²) < 4.78 is 15.4. The summed E-state index contributed by atoms with van der Waals surface area (Å²) >= 11 is 0. The van der Waals surface area contributed by atoms with Crippen LogP contribution >= 0.6 is 0 Å². The summed E-state index contributed by atoms with van der Waals surface area (Å²) in [5.74, 6) is 1.17. The minimum atomic E-state index is -0.388. The molecular formula is C19H18FN7. The van der Waals surface area contributed by atoms with E-state index in [-0.39, 0.29) is 5.82 Å². The Kier molecular flexibility index (Phi) is 4.42. The largest absolute Gasteiger partial charge is 0.368 e. The third-order valence-electron chi connectivity index (χ3n) is 4.58. The van der Waals surface area contributed by atoms with Gasteiger partial charge in [-0.2, -0.15) is 10.4 Å². The van der Waals surface area contributed by atoms with Crippen LogP contribution in [0.4, 0.5) is 15.9 Å². The highest BCUT2D eigenvalue weighted by molar-refractivity contribution is 5.54. The van der Waals surface area contributed by atoms with Crippen molar-refractivity contribution in [3.63, 3.8) is 0 Å². The SMILES string of the molecule is Cc1ccn(-c2cc(N3CCN(c4cc(F)cc(C#N)c4)CC3)ncn2)n1. The van der Waals surface area contributed by atoms with Gasteiger partial charge < -0.3 is 9.80 Å². The normalized spacial score (nSPS) is 14.3. The Morgan fingerprint density at radius 3 is 2.44 bits per heavy atom. The van der Waals surface area contributed by atoms with E-state index >= 15 is 0 Å². The van der Waals surface area contributed by atoms with Crippen LogP contribution in [0.5, 0.6) is 0 Å². The molecular weight excluding hydrogens is 345 g/mol. The number of rotatable bonds is 3. The first-order valence-electron chi connectivity index (χ1n) is 8.68. The van der Waals surface area contributed by atoms with E-state index in [9.17, 15) is 4.39 Å². The molecule has 0 amide bonds. The van der Waals surface area contributed by atoms with Gasteiger partial charge in [-0.15, -0.1) is 0 Å². The molecule has 0 bridgehead atoms. The van der Waals surface area contributed by atoms with Crippen LogP contribution in [0.2, 0.25) is 0 Å². The summed E-state index contributed by atoms with van der Waals surface area (Å²) in [6.07, 6.45) is 3.41. The molecule has 1 fully saturated rings. The van der Waals surface area contributed by atoms with Gasteiger partial charge in [-0.3, -0.25) is 0 Å². The zero-order chi connectivity index (χ0) is 18.8. The molecule has 0 saturated carbocycles. The number of aryl methyl sites for hydroxylation is 1. The Morgan fingerprint density at radius 2 is 1.74 bits per heavy atom. The molecule has 1 aromatic carbocycles. The Hall–Kier alpha value is -3.47. The molecule has 2 aromatic heterocycles.